The molecule has 0 aliphatic heterocycles. The van der Waals surface area contributed by atoms with Crippen molar-refractivity contribution in [2.75, 3.05) is 6.61 Å². The molecule has 0 aromatic carbocycles. The highest BCUT2D eigenvalue weighted by atomic mass is 19.4. The Morgan fingerprint density at radius 1 is 0.852 bits per heavy atom. The molecule has 0 aromatic rings. The van der Waals surface area contributed by atoms with E-state index in [0.29, 0.717) is 6.42 Å². The SMILES string of the molecule is CCCC/C=C\CCCCCCCCCCOC(=O)C(F)C(F)C(F)(F)F. The number of alkyl halides is 5. The Morgan fingerprint density at radius 3 is 1.85 bits per heavy atom. The summed E-state index contributed by atoms with van der Waals surface area (Å²) < 4.78 is 65.9. The number of esters is 1. The lowest BCUT2D eigenvalue weighted by molar-refractivity contribution is -0.204. The first-order valence-corrected chi connectivity index (χ1v) is 9.97. The second kappa shape index (κ2) is 15.9. The lowest BCUT2D eigenvalue weighted by Gasteiger charge is -2.15. The van der Waals surface area contributed by atoms with Crippen molar-refractivity contribution in [3.63, 3.8) is 0 Å². The fourth-order valence-electron chi connectivity index (χ4n) is 2.52. The molecule has 160 valence electrons. The predicted molar refractivity (Wildman–Crippen MR) is 97.0 cm³/mol. The van der Waals surface area contributed by atoms with Crippen LogP contribution in [0.2, 0.25) is 0 Å². The molecule has 0 radical (unpaired) electrons. The molecule has 0 rings (SSSR count). The molecule has 0 saturated carbocycles. The van der Waals surface area contributed by atoms with Gasteiger partial charge in [-0.05, 0) is 25.7 Å². The Balaban J connectivity index is 3.45. The van der Waals surface area contributed by atoms with E-state index in [1.165, 1.54) is 25.7 Å². The van der Waals surface area contributed by atoms with Gasteiger partial charge in [-0.3, -0.25) is 0 Å². The maximum atomic E-state index is 13.0. The molecule has 2 nitrogen and oxygen atoms in total. The topological polar surface area (TPSA) is 26.3 Å². The van der Waals surface area contributed by atoms with E-state index in [1.54, 1.807) is 0 Å². The third kappa shape index (κ3) is 14.6. The molecule has 0 amide bonds. The number of ether oxygens (including phenoxy) is 1. The van der Waals surface area contributed by atoms with Crippen molar-refractivity contribution < 1.29 is 31.5 Å². The number of allylic oxidation sites excluding steroid dienone is 2. The van der Waals surface area contributed by atoms with Crippen molar-refractivity contribution in [2.45, 2.75) is 102 Å². The summed E-state index contributed by atoms with van der Waals surface area (Å²) in [4.78, 5) is 11.0. The van der Waals surface area contributed by atoms with Gasteiger partial charge >= 0.3 is 12.1 Å². The highest BCUT2D eigenvalue weighted by Gasteiger charge is 2.49. The minimum absolute atomic E-state index is 0.186. The maximum absolute atomic E-state index is 13.0. The van der Waals surface area contributed by atoms with Gasteiger partial charge in [0.05, 0.1) is 6.61 Å². The van der Waals surface area contributed by atoms with E-state index in [2.05, 4.69) is 23.8 Å². The van der Waals surface area contributed by atoms with Crippen LogP contribution < -0.4 is 0 Å². The highest BCUT2D eigenvalue weighted by Crippen LogP contribution is 2.27. The fourth-order valence-corrected chi connectivity index (χ4v) is 2.52. The summed E-state index contributed by atoms with van der Waals surface area (Å²) in [6.45, 7) is 1.99. The lowest BCUT2D eigenvalue weighted by Crippen LogP contribution is -2.39. The van der Waals surface area contributed by atoms with Crippen molar-refractivity contribution >= 4 is 5.97 Å². The predicted octanol–water partition coefficient (Wildman–Crippen LogP) is 7.03. The van der Waals surface area contributed by atoms with E-state index in [-0.39, 0.29) is 6.61 Å². The molecule has 7 heteroatoms. The van der Waals surface area contributed by atoms with Gasteiger partial charge in [-0.2, -0.15) is 13.2 Å². The van der Waals surface area contributed by atoms with Crippen molar-refractivity contribution in [1.29, 1.82) is 0 Å². The quantitative estimate of drug-likeness (QED) is 0.120. The molecular weight excluding hydrogens is 367 g/mol. The first-order valence-electron chi connectivity index (χ1n) is 9.97. The van der Waals surface area contributed by atoms with E-state index >= 15 is 0 Å². The standard InChI is InChI=1S/C20H33F5O2/c1-2-3-4-5-6-7-8-9-10-11-12-13-14-15-16-27-19(26)17(21)18(22)20(23,24)25/h5-6,17-18H,2-4,7-16H2,1H3/b6-5-. The largest absolute Gasteiger partial charge is 0.463 e. The Bertz CT molecular complexity index is 396. The van der Waals surface area contributed by atoms with E-state index in [1.807, 2.05) is 0 Å². The summed E-state index contributed by atoms with van der Waals surface area (Å²) >= 11 is 0. The van der Waals surface area contributed by atoms with Crippen molar-refractivity contribution in [3.05, 3.63) is 12.2 Å². The number of halogens is 5. The fraction of sp³-hybridized carbons (Fsp3) is 0.850. The van der Waals surface area contributed by atoms with Crippen LogP contribution in [0.5, 0.6) is 0 Å². The summed E-state index contributed by atoms with van der Waals surface area (Å²) in [6, 6.07) is 0. The first kappa shape index (κ1) is 25.9. The maximum Gasteiger partial charge on any atom is 0.423 e. The molecule has 2 atom stereocenters. The zero-order chi connectivity index (χ0) is 20.5. The summed E-state index contributed by atoms with van der Waals surface area (Å²) in [5.74, 6) is -1.79. The van der Waals surface area contributed by atoms with Gasteiger partial charge in [-0.25, -0.2) is 13.6 Å². The van der Waals surface area contributed by atoms with E-state index in [0.717, 1.165) is 44.9 Å². The van der Waals surface area contributed by atoms with Gasteiger partial charge in [0, 0.05) is 0 Å². The van der Waals surface area contributed by atoms with E-state index < -0.39 is 24.5 Å². The minimum Gasteiger partial charge on any atom is -0.463 e. The molecule has 2 unspecified atom stereocenters. The van der Waals surface area contributed by atoms with Crippen LogP contribution in [0.1, 0.15) is 84.0 Å². The Hall–Kier alpha value is -1.14. The molecule has 0 spiro atoms. The second-order valence-corrected chi connectivity index (χ2v) is 6.74. The summed E-state index contributed by atoms with van der Waals surface area (Å²) in [6.07, 6.45) is 4.48. The molecule has 0 bridgehead atoms. The van der Waals surface area contributed by atoms with Gasteiger partial charge in [0.2, 0.25) is 12.3 Å². The summed E-state index contributed by atoms with van der Waals surface area (Å²) in [7, 11) is 0. The third-order valence-corrected chi connectivity index (χ3v) is 4.20. The van der Waals surface area contributed by atoms with Crippen LogP contribution >= 0.6 is 0 Å². The van der Waals surface area contributed by atoms with Gasteiger partial charge in [0.15, 0.2) is 0 Å². The Kier molecular flexibility index (Phi) is 15.2. The number of carbonyl (C=O) groups is 1. The minimum atomic E-state index is -5.40. The summed E-state index contributed by atoms with van der Waals surface area (Å²) in [5.41, 5.74) is 0. The van der Waals surface area contributed by atoms with Crippen molar-refractivity contribution in [1.82, 2.24) is 0 Å². The van der Waals surface area contributed by atoms with Crippen molar-refractivity contribution in [3.8, 4) is 0 Å². The normalized spacial score (nSPS) is 14.4. The van der Waals surface area contributed by atoms with Crippen LogP contribution in [0, 0.1) is 0 Å². The molecule has 0 aliphatic rings. The van der Waals surface area contributed by atoms with Gasteiger partial charge in [-0.15, -0.1) is 0 Å². The molecule has 0 aromatic heterocycles. The Morgan fingerprint density at radius 2 is 1.33 bits per heavy atom. The van der Waals surface area contributed by atoms with Crippen LogP contribution in [-0.4, -0.2) is 31.1 Å². The second-order valence-electron chi connectivity index (χ2n) is 6.74. The zero-order valence-corrected chi connectivity index (χ0v) is 16.2. The average Bonchev–Trinajstić information content (AvgIpc) is 2.62. The van der Waals surface area contributed by atoms with Crippen molar-refractivity contribution in [2.24, 2.45) is 0 Å². The van der Waals surface area contributed by atoms with Gasteiger partial charge < -0.3 is 4.74 Å². The van der Waals surface area contributed by atoms with Crippen LogP contribution in [0.25, 0.3) is 0 Å². The summed E-state index contributed by atoms with van der Waals surface area (Å²) in [5, 5.41) is 0. The van der Waals surface area contributed by atoms with E-state index in [4.69, 9.17) is 0 Å². The average molecular weight is 400 g/mol. The number of hydrogen-bond donors (Lipinski definition) is 0. The molecule has 27 heavy (non-hydrogen) atoms. The molecule has 0 heterocycles. The number of unbranched alkanes of at least 4 members (excludes halogenated alkanes) is 10. The molecule has 0 fully saturated rings. The number of rotatable bonds is 16. The van der Waals surface area contributed by atoms with Crippen LogP contribution in [0.4, 0.5) is 22.0 Å². The molecule has 0 saturated heterocycles. The van der Waals surface area contributed by atoms with Gasteiger partial charge in [0.25, 0.3) is 0 Å². The Labute approximate surface area is 159 Å². The van der Waals surface area contributed by atoms with Crippen LogP contribution in [-0.2, 0) is 9.53 Å². The van der Waals surface area contributed by atoms with Crippen LogP contribution in [0.3, 0.4) is 0 Å². The van der Waals surface area contributed by atoms with Crippen LogP contribution in [0.15, 0.2) is 12.2 Å². The zero-order valence-electron chi connectivity index (χ0n) is 16.2. The smallest absolute Gasteiger partial charge is 0.423 e. The van der Waals surface area contributed by atoms with Gasteiger partial charge in [0.1, 0.15) is 0 Å². The lowest BCUT2D eigenvalue weighted by atomic mass is 10.1. The molecular formula is C20H33F5O2. The highest BCUT2D eigenvalue weighted by molar-refractivity contribution is 5.75. The molecule has 0 N–H and O–H groups in total. The number of carbonyl (C=O) groups excluding carboxylic acids is 1. The van der Waals surface area contributed by atoms with Gasteiger partial charge in [-0.1, -0.05) is 70.4 Å². The first-order chi connectivity index (χ1) is 12.8. The van der Waals surface area contributed by atoms with E-state index in [9.17, 15) is 26.7 Å². The monoisotopic (exact) mass is 400 g/mol. The third-order valence-electron chi connectivity index (χ3n) is 4.20. The number of hydrogen-bond acceptors (Lipinski definition) is 2. The molecule has 0 aliphatic carbocycles.